The molecule has 3 heteroatoms. The Labute approximate surface area is 116 Å². The van der Waals surface area contributed by atoms with Crippen LogP contribution in [0.5, 0.6) is 0 Å². The van der Waals surface area contributed by atoms with Crippen LogP contribution in [0.2, 0.25) is 0 Å². The van der Waals surface area contributed by atoms with Crippen molar-refractivity contribution < 1.29 is 4.79 Å². The maximum absolute atomic E-state index is 11.8. The molecule has 1 saturated heterocycles. The summed E-state index contributed by atoms with van der Waals surface area (Å²) >= 11 is 0. The van der Waals surface area contributed by atoms with E-state index in [4.69, 9.17) is 0 Å². The smallest absolute Gasteiger partial charge is 0.226 e. The number of carbonyl (C=O) groups is 1. The number of benzene rings is 1. The highest BCUT2D eigenvalue weighted by molar-refractivity contribution is 5.93. The SMILES string of the molecule is Cc1c(NC(=O)C(C)C)cccc1N1CCCCC1. The van der Waals surface area contributed by atoms with Crippen molar-refractivity contribution in [3.05, 3.63) is 23.8 Å². The van der Waals surface area contributed by atoms with Crippen LogP contribution in [0.3, 0.4) is 0 Å². The molecule has 0 aliphatic carbocycles. The van der Waals surface area contributed by atoms with Gasteiger partial charge in [-0.3, -0.25) is 4.79 Å². The standard InChI is InChI=1S/C16H24N2O/c1-12(2)16(19)17-14-8-7-9-15(13(14)3)18-10-5-4-6-11-18/h7-9,12H,4-6,10-11H2,1-3H3,(H,17,19). The Balaban J connectivity index is 2.19. The lowest BCUT2D eigenvalue weighted by Gasteiger charge is -2.30. The minimum Gasteiger partial charge on any atom is -0.371 e. The maximum atomic E-state index is 11.8. The van der Waals surface area contributed by atoms with Crippen LogP contribution in [0.1, 0.15) is 38.7 Å². The molecule has 0 unspecified atom stereocenters. The number of rotatable bonds is 3. The normalized spacial score (nSPS) is 15.7. The zero-order valence-corrected chi connectivity index (χ0v) is 12.2. The van der Waals surface area contributed by atoms with Crippen molar-refractivity contribution in [2.24, 2.45) is 5.92 Å². The number of anilines is 2. The lowest BCUT2D eigenvalue weighted by Crippen LogP contribution is -2.30. The van der Waals surface area contributed by atoms with Crippen molar-refractivity contribution in [1.29, 1.82) is 0 Å². The molecule has 1 N–H and O–H groups in total. The van der Waals surface area contributed by atoms with Crippen molar-refractivity contribution in [3.63, 3.8) is 0 Å². The number of amides is 1. The second kappa shape index (κ2) is 6.09. The summed E-state index contributed by atoms with van der Waals surface area (Å²) < 4.78 is 0. The first-order valence-electron chi connectivity index (χ1n) is 7.25. The van der Waals surface area contributed by atoms with Gasteiger partial charge in [-0.25, -0.2) is 0 Å². The predicted octanol–water partition coefficient (Wildman–Crippen LogP) is 3.58. The highest BCUT2D eigenvalue weighted by atomic mass is 16.1. The van der Waals surface area contributed by atoms with Gasteiger partial charge in [0.1, 0.15) is 0 Å². The maximum Gasteiger partial charge on any atom is 0.226 e. The van der Waals surface area contributed by atoms with Crippen LogP contribution in [-0.4, -0.2) is 19.0 Å². The molecule has 1 aromatic carbocycles. The fourth-order valence-electron chi connectivity index (χ4n) is 2.51. The molecule has 1 fully saturated rings. The zero-order chi connectivity index (χ0) is 13.8. The van der Waals surface area contributed by atoms with E-state index in [2.05, 4.69) is 23.2 Å². The van der Waals surface area contributed by atoms with Gasteiger partial charge in [0, 0.05) is 30.4 Å². The van der Waals surface area contributed by atoms with E-state index in [1.165, 1.54) is 30.5 Å². The zero-order valence-electron chi connectivity index (χ0n) is 12.2. The first kappa shape index (κ1) is 13.9. The Morgan fingerprint density at radius 3 is 2.53 bits per heavy atom. The highest BCUT2D eigenvalue weighted by Gasteiger charge is 2.16. The number of hydrogen-bond acceptors (Lipinski definition) is 2. The summed E-state index contributed by atoms with van der Waals surface area (Å²) in [4.78, 5) is 14.3. The summed E-state index contributed by atoms with van der Waals surface area (Å²) in [5.41, 5.74) is 3.39. The van der Waals surface area contributed by atoms with Crippen molar-refractivity contribution in [1.82, 2.24) is 0 Å². The average Bonchev–Trinajstić information content (AvgIpc) is 2.42. The van der Waals surface area contributed by atoms with E-state index in [0.29, 0.717) is 0 Å². The first-order chi connectivity index (χ1) is 9.09. The van der Waals surface area contributed by atoms with Gasteiger partial charge in [0.25, 0.3) is 0 Å². The number of piperidine rings is 1. The molecular formula is C16H24N2O. The van der Waals surface area contributed by atoms with Crippen LogP contribution in [0.4, 0.5) is 11.4 Å². The first-order valence-corrected chi connectivity index (χ1v) is 7.25. The van der Waals surface area contributed by atoms with Gasteiger partial charge >= 0.3 is 0 Å². The molecule has 104 valence electrons. The molecule has 1 aliphatic heterocycles. The van der Waals surface area contributed by atoms with Crippen molar-refractivity contribution in [2.45, 2.75) is 40.0 Å². The summed E-state index contributed by atoms with van der Waals surface area (Å²) in [6, 6.07) is 6.18. The third kappa shape index (κ3) is 3.28. The summed E-state index contributed by atoms with van der Waals surface area (Å²) in [6.45, 7) is 8.18. The van der Waals surface area contributed by atoms with E-state index in [-0.39, 0.29) is 11.8 Å². The van der Waals surface area contributed by atoms with Crippen LogP contribution in [0.25, 0.3) is 0 Å². The van der Waals surface area contributed by atoms with E-state index in [1.807, 2.05) is 26.0 Å². The van der Waals surface area contributed by atoms with Gasteiger partial charge in [0.05, 0.1) is 0 Å². The highest BCUT2D eigenvalue weighted by Crippen LogP contribution is 2.29. The molecule has 3 nitrogen and oxygen atoms in total. The van der Waals surface area contributed by atoms with E-state index >= 15 is 0 Å². The predicted molar refractivity (Wildman–Crippen MR) is 80.7 cm³/mol. The van der Waals surface area contributed by atoms with Gasteiger partial charge in [0.15, 0.2) is 0 Å². The van der Waals surface area contributed by atoms with Crippen molar-refractivity contribution in [2.75, 3.05) is 23.3 Å². The van der Waals surface area contributed by atoms with Crippen LogP contribution >= 0.6 is 0 Å². The van der Waals surface area contributed by atoms with Crippen LogP contribution in [0.15, 0.2) is 18.2 Å². The van der Waals surface area contributed by atoms with Crippen LogP contribution in [-0.2, 0) is 4.79 Å². The lowest BCUT2D eigenvalue weighted by molar-refractivity contribution is -0.118. The Kier molecular flexibility index (Phi) is 4.46. The molecule has 0 radical (unpaired) electrons. The van der Waals surface area contributed by atoms with Gasteiger partial charge in [-0.15, -0.1) is 0 Å². The molecule has 1 amide bonds. The molecule has 1 heterocycles. The van der Waals surface area contributed by atoms with Crippen molar-refractivity contribution >= 4 is 17.3 Å². The number of nitrogens with one attached hydrogen (secondary N) is 1. The minimum atomic E-state index is 0.0121. The molecule has 1 aromatic rings. The monoisotopic (exact) mass is 260 g/mol. The van der Waals surface area contributed by atoms with E-state index in [0.717, 1.165) is 18.8 Å². The average molecular weight is 260 g/mol. The third-order valence-corrected chi connectivity index (χ3v) is 3.78. The second-order valence-electron chi connectivity index (χ2n) is 5.64. The molecule has 0 saturated carbocycles. The fraction of sp³-hybridized carbons (Fsp3) is 0.562. The topological polar surface area (TPSA) is 32.3 Å². The summed E-state index contributed by atoms with van der Waals surface area (Å²) in [6.07, 6.45) is 3.86. The van der Waals surface area contributed by atoms with Crippen LogP contribution < -0.4 is 10.2 Å². The Morgan fingerprint density at radius 1 is 1.21 bits per heavy atom. The Morgan fingerprint density at radius 2 is 1.89 bits per heavy atom. The van der Waals surface area contributed by atoms with Gasteiger partial charge < -0.3 is 10.2 Å². The molecule has 19 heavy (non-hydrogen) atoms. The number of nitrogens with zero attached hydrogens (tertiary/aromatic N) is 1. The van der Waals surface area contributed by atoms with E-state index in [9.17, 15) is 4.79 Å². The molecule has 0 bridgehead atoms. The number of hydrogen-bond donors (Lipinski definition) is 1. The van der Waals surface area contributed by atoms with E-state index in [1.54, 1.807) is 0 Å². The van der Waals surface area contributed by atoms with Gasteiger partial charge in [-0.2, -0.15) is 0 Å². The van der Waals surface area contributed by atoms with Gasteiger partial charge in [-0.1, -0.05) is 19.9 Å². The summed E-state index contributed by atoms with van der Waals surface area (Å²) in [5.74, 6) is 0.0944. The fourth-order valence-corrected chi connectivity index (χ4v) is 2.51. The summed E-state index contributed by atoms with van der Waals surface area (Å²) in [7, 11) is 0. The second-order valence-corrected chi connectivity index (χ2v) is 5.64. The number of carbonyl (C=O) groups excluding carboxylic acids is 1. The van der Waals surface area contributed by atoms with E-state index < -0.39 is 0 Å². The van der Waals surface area contributed by atoms with Crippen LogP contribution in [0, 0.1) is 12.8 Å². The minimum absolute atomic E-state index is 0.0121. The largest absolute Gasteiger partial charge is 0.371 e. The quantitative estimate of drug-likeness (QED) is 0.901. The molecule has 0 atom stereocenters. The Bertz CT molecular complexity index is 448. The van der Waals surface area contributed by atoms with Crippen molar-refractivity contribution in [3.8, 4) is 0 Å². The molecule has 2 rings (SSSR count). The Hall–Kier alpha value is -1.51. The molecule has 0 spiro atoms. The third-order valence-electron chi connectivity index (χ3n) is 3.78. The molecule has 1 aliphatic rings. The molecular weight excluding hydrogens is 236 g/mol. The molecule has 0 aromatic heterocycles. The van der Waals surface area contributed by atoms with Gasteiger partial charge in [-0.05, 0) is 43.9 Å². The summed E-state index contributed by atoms with van der Waals surface area (Å²) in [5, 5.41) is 3.02. The lowest BCUT2D eigenvalue weighted by atomic mass is 10.1. The van der Waals surface area contributed by atoms with Gasteiger partial charge in [0.2, 0.25) is 5.91 Å².